The van der Waals surface area contributed by atoms with Gasteiger partial charge in [-0.15, -0.1) is 0 Å². The van der Waals surface area contributed by atoms with Crippen molar-refractivity contribution in [2.75, 3.05) is 0 Å². The van der Waals surface area contributed by atoms with Gasteiger partial charge in [-0.05, 0) is 17.7 Å². The first-order valence-electron chi connectivity index (χ1n) is 4.41. The number of carboxylic acid groups (broad SMARTS) is 1. The number of halogens is 1. The van der Waals surface area contributed by atoms with Crippen LogP contribution in [-0.2, 0) is 4.79 Å². The third-order valence-electron chi connectivity index (χ3n) is 1.76. The second-order valence-electron chi connectivity index (χ2n) is 3.08. The summed E-state index contributed by atoms with van der Waals surface area (Å²) in [4.78, 5) is 10.2. The van der Waals surface area contributed by atoms with Crippen LogP contribution in [0.4, 0.5) is 4.39 Å². The van der Waals surface area contributed by atoms with Gasteiger partial charge in [-0.1, -0.05) is 24.3 Å². The number of carboxylic acids is 1. The highest BCUT2D eigenvalue weighted by Crippen LogP contribution is 2.06. The van der Waals surface area contributed by atoms with Gasteiger partial charge >= 0.3 is 5.97 Å². The maximum atomic E-state index is 12.5. The molecule has 2 N–H and O–H groups in total. The van der Waals surface area contributed by atoms with Crippen molar-refractivity contribution in [2.24, 2.45) is 0 Å². The van der Waals surface area contributed by atoms with Crippen LogP contribution in [0.1, 0.15) is 12.0 Å². The summed E-state index contributed by atoms with van der Waals surface area (Å²) in [5.41, 5.74) is 0.709. The number of hydrogen-bond acceptors (Lipinski definition) is 2. The fraction of sp³-hybridized carbons (Fsp3) is 0.182. The van der Waals surface area contributed by atoms with E-state index in [9.17, 15) is 14.3 Å². The zero-order valence-electron chi connectivity index (χ0n) is 7.93. The molecule has 4 heteroatoms. The van der Waals surface area contributed by atoms with E-state index in [4.69, 9.17) is 5.11 Å². The van der Waals surface area contributed by atoms with Crippen molar-refractivity contribution in [1.29, 1.82) is 0 Å². The van der Waals surface area contributed by atoms with E-state index in [1.807, 2.05) is 0 Å². The Morgan fingerprint density at radius 2 is 2.00 bits per heavy atom. The van der Waals surface area contributed by atoms with Gasteiger partial charge in [0.05, 0.1) is 12.5 Å². The van der Waals surface area contributed by atoms with E-state index in [-0.39, 0.29) is 12.2 Å². The largest absolute Gasteiger partial charge is 0.481 e. The molecular formula is C11H11FO3. The molecule has 0 amide bonds. The van der Waals surface area contributed by atoms with Gasteiger partial charge in [0.2, 0.25) is 0 Å². The van der Waals surface area contributed by atoms with Gasteiger partial charge in [0.25, 0.3) is 0 Å². The molecule has 0 saturated carbocycles. The predicted molar refractivity (Wildman–Crippen MR) is 53.7 cm³/mol. The molecule has 0 aliphatic rings. The molecule has 0 fully saturated rings. The summed E-state index contributed by atoms with van der Waals surface area (Å²) in [5.74, 6) is -1.40. The van der Waals surface area contributed by atoms with E-state index in [0.717, 1.165) is 0 Å². The molecule has 1 aromatic rings. The van der Waals surface area contributed by atoms with Gasteiger partial charge in [-0.25, -0.2) is 4.39 Å². The van der Waals surface area contributed by atoms with Crippen molar-refractivity contribution in [1.82, 2.24) is 0 Å². The highest BCUT2D eigenvalue weighted by molar-refractivity contribution is 5.68. The van der Waals surface area contributed by atoms with Crippen LogP contribution in [0.3, 0.4) is 0 Å². The van der Waals surface area contributed by atoms with Crippen molar-refractivity contribution in [3.05, 3.63) is 41.7 Å². The second-order valence-corrected chi connectivity index (χ2v) is 3.08. The van der Waals surface area contributed by atoms with Gasteiger partial charge in [0, 0.05) is 0 Å². The van der Waals surface area contributed by atoms with E-state index < -0.39 is 12.1 Å². The van der Waals surface area contributed by atoms with Crippen LogP contribution < -0.4 is 0 Å². The Morgan fingerprint density at radius 1 is 1.40 bits per heavy atom. The number of benzene rings is 1. The Hall–Kier alpha value is -1.68. The zero-order chi connectivity index (χ0) is 11.3. The molecule has 1 atom stereocenters. The molecule has 3 nitrogen and oxygen atoms in total. The Bertz CT molecular complexity index is 357. The molecule has 15 heavy (non-hydrogen) atoms. The van der Waals surface area contributed by atoms with Gasteiger partial charge < -0.3 is 10.2 Å². The van der Waals surface area contributed by atoms with Crippen LogP contribution in [0.15, 0.2) is 30.3 Å². The van der Waals surface area contributed by atoms with E-state index in [1.54, 1.807) is 18.2 Å². The van der Waals surface area contributed by atoms with E-state index >= 15 is 0 Å². The first-order valence-corrected chi connectivity index (χ1v) is 4.41. The maximum Gasteiger partial charge on any atom is 0.306 e. The maximum absolute atomic E-state index is 12.5. The van der Waals surface area contributed by atoms with Crippen LogP contribution in [-0.4, -0.2) is 22.3 Å². The predicted octanol–water partition coefficient (Wildman–Crippen LogP) is 1.67. The lowest BCUT2D eigenvalue weighted by atomic mass is 10.1. The average molecular weight is 210 g/mol. The number of aliphatic hydroxyl groups is 1. The van der Waals surface area contributed by atoms with Crippen molar-refractivity contribution in [3.8, 4) is 0 Å². The van der Waals surface area contributed by atoms with Gasteiger partial charge in [0.1, 0.15) is 5.82 Å². The lowest BCUT2D eigenvalue weighted by Gasteiger charge is -2.00. The molecule has 0 aliphatic heterocycles. The average Bonchev–Trinajstić information content (AvgIpc) is 2.16. The van der Waals surface area contributed by atoms with Crippen LogP contribution >= 0.6 is 0 Å². The molecule has 0 aliphatic carbocycles. The van der Waals surface area contributed by atoms with Crippen LogP contribution in [0.2, 0.25) is 0 Å². The summed E-state index contributed by atoms with van der Waals surface area (Å²) in [7, 11) is 0. The van der Waals surface area contributed by atoms with Crippen molar-refractivity contribution < 1.29 is 19.4 Å². The molecule has 0 spiro atoms. The topological polar surface area (TPSA) is 57.5 Å². The fourth-order valence-electron chi connectivity index (χ4n) is 1.04. The van der Waals surface area contributed by atoms with Crippen molar-refractivity contribution >= 4 is 12.0 Å². The minimum absolute atomic E-state index is 0.335. The van der Waals surface area contributed by atoms with Crippen LogP contribution in [0.25, 0.3) is 6.08 Å². The molecule has 0 bridgehead atoms. The lowest BCUT2D eigenvalue weighted by Crippen LogP contribution is -2.09. The van der Waals surface area contributed by atoms with Crippen molar-refractivity contribution in [3.63, 3.8) is 0 Å². The zero-order valence-corrected chi connectivity index (χ0v) is 7.93. The lowest BCUT2D eigenvalue weighted by molar-refractivity contribution is -0.138. The molecular weight excluding hydrogens is 199 g/mol. The summed E-state index contributed by atoms with van der Waals surface area (Å²) in [6, 6.07) is 5.67. The molecule has 1 rings (SSSR count). The monoisotopic (exact) mass is 210 g/mol. The number of rotatable bonds is 4. The van der Waals surface area contributed by atoms with Crippen molar-refractivity contribution in [2.45, 2.75) is 12.5 Å². The third-order valence-corrected chi connectivity index (χ3v) is 1.76. The smallest absolute Gasteiger partial charge is 0.306 e. The second kappa shape index (κ2) is 5.26. The quantitative estimate of drug-likeness (QED) is 0.794. The van der Waals surface area contributed by atoms with E-state index in [2.05, 4.69) is 0 Å². The van der Waals surface area contributed by atoms with Crippen LogP contribution in [0.5, 0.6) is 0 Å². The third kappa shape index (κ3) is 4.37. The molecule has 0 heterocycles. The summed E-state index contributed by atoms with van der Waals surface area (Å²) >= 11 is 0. The van der Waals surface area contributed by atoms with E-state index in [0.29, 0.717) is 5.56 Å². The van der Waals surface area contributed by atoms with Gasteiger partial charge in [-0.3, -0.25) is 4.79 Å². The molecule has 0 saturated heterocycles. The molecule has 0 unspecified atom stereocenters. The normalized spacial score (nSPS) is 12.9. The Morgan fingerprint density at radius 3 is 2.53 bits per heavy atom. The highest BCUT2D eigenvalue weighted by Gasteiger charge is 2.04. The highest BCUT2D eigenvalue weighted by atomic mass is 19.1. The summed E-state index contributed by atoms with van der Waals surface area (Å²) < 4.78 is 12.5. The fourth-order valence-corrected chi connectivity index (χ4v) is 1.04. The minimum Gasteiger partial charge on any atom is -0.481 e. The number of hydrogen-bond donors (Lipinski definition) is 2. The Kier molecular flexibility index (Phi) is 4.00. The molecule has 80 valence electrons. The van der Waals surface area contributed by atoms with Gasteiger partial charge in [0.15, 0.2) is 0 Å². The Balaban J connectivity index is 2.57. The first-order chi connectivity index (χ1) is 7.08. The number of aliphatic carboxylic acids is 1. The molecule has 0 aromatic heterocycles. The Labute approximate surface area is 86.5 Å². The van der Waals surface area contributed by atoms with E-state index in [1.165, 1.54) is 18.2 Å². The molecule has 1 aromatic carbocycles. The molecule has 0 radical (unpaired) electrons. The summed E-state index contributed by atoms with van der Waals surface area (Å²) in [6.45, 7) is 0. The SMILES string of the molecule is O=C(O)C[C@H](O)/C=C/c1ccc(F)cc1. The number of carbonyl (C=O) groups is 1. The minimum atomic E-state index is -1.06. The number of aliphatic hydroxyl groups excluding tert-OH is 1. The standard InChI is InChI=1S/C11H11FO3/c12-9-4-1-8(2-5-9)3-6-10(13)7-11(14)15/h1-6,10,13H,7H2,(H,14,15)/b6-3+/t10-/m1/s1. The van der Waals surface area contributed by atoms with Crippen LogP contribution in [0, 0.1) is 5.82 Å². The van der Waals surface area contributed by atoms with Gasteiger partial charge in [-0.2, -0.15) is 0 Å². The first kappa shape index (κ1) is 11.4. The summed E-state index contributed by atoms with van der Waals surface area (Å²) in [6.07, 6.45) is 1.55. The summed E-state index contributed by atoms with van der Waals surface area (Å²) in [5, 5.41) is 17.6.